The fourth-order valence-corrected chi connectivity index (χ4v) is 4.62. The van der Waals surface area contributed by atoms with Crippen molar-refractivity contribution in [2.24, 2.45) is 0 Å². The first-order valence-corrected chi connectivity index (χ1v) is 12.7. The summed E-state index contributed by atoms with van der Waals surface area (Å²) in [5.74, 6) is -0.357. The fraction of sp³-hybridized carbons (Fsp3) is 0.478. The number of aliphatic hydroxyl groups is 1. The molecule has 0 aliphatic rings. The van der Waals surface area contributed by atoms with Gasteiger partial charge in [0.15, 0.2) is 16.7 Å². The highest BCUT2D eigenvalue weighted by atomic mass is 32.2. The van der Waals surface area contributed by atoms with Crippen molar-refractivity contribution in [1.29, 1.82) is 0 Å². The van der Waals surface area contributed by atoms with Crippen LogP contribution in [0.4, 0.5) is 5.82 Å². The number of aromatic amines is 2. The maximum Gasteiger partial charge on any atom is 0.348 e. The average Bonchev–Trinajstić information content (AvgIpc) is 3.14. The third-order valence-corrected chi connectivity index (χ3v) is 6.36. The molecule has 14 heteroatoms. The first-order chi connectivity index (χ1) is 17.5. The van der Waals surface area contributed by atoms with Gasteiger partial charge in [0.25, 0.3) is 0 Å². The molecular weight excluding hydrogens is 504 g/mol. The highest BCUT2D eigenvalue weighted by Crippen LogP contribution is 2.15. The Balaban J connectivity index is 1.59. The first-order valence-electron chi connectivity index (χ1n) is 11.6. The zero-order valence-electron chi connectivity index (χ0n) is 21.0. The number of H-pyrrole nitrogens is 2. The standard InChI is InChI=1S/C23H32N6O7S/c1-23(2,33)13-28(14-36-37(34)16-8-6-7-15(11-16)12-17(30)35-3)9-4-5-10-29-20-18(25-22(29)32)19(24)26-21(31)27-20/h6-8,11,33H,4-5,9-10,12-14H2,1-3H3,(H,25,32)(H3,24,26,27,31). The van der Waals surface area contributed by atoms with Crippen LogP contribution in [-0.2, 0) is 37.8 Å². The lowest BCUT2D eigenvalue weighted by Gasteiger charge is -2.28. The lowest BCUT2D eigenvalue weighted by molar-refractivity contribution is -0.139. The van der Waals surface area contributed by atoms with Crippen molar-refractivity contribution in [2.75, 3.05) is 32.7 Å². The second-order valence-electron chi connectivity index (χ2n) is 9.19. The number of fused-ring (bicyclic) bond motifs is 1. The summed E-state index contributed by atoms with van der Waals surface area (Å²) in [6, 6.07) is 6.68. The van der Waals surface area contributed by atoms with Gasteiger partial charge in [-0.3, -0.25) is 23.4 Å². The Morgan fingerprint density at radius 3 is 2.73 bits per heavy atom. The van der Waals surface area contributed by atoms with E-state index in [1.165, 1.54) is 11.7 Å². The Bertz CT molecular complexity index is 1370. The first kappa shape index (κ1) is 28.2. The minimum Gasteiger partial charge on any atom is -0.469 e. The smallest absolute Gasteiger partial charge is 0.348 e. The predicted octanol–water partition coefficient (Wildman–Crippen LogP) is 0.261. The van der Waals surface area contributed by atoms with Gasteiger partial charge in [0.05, 0.1) is 24.0 Å². The molecule has 1 unspecified atom stereocenters. The number of benzene rings is 1. The molecule has 0 fully saturated rings. The molecule has 0 bridgehead atoms. The van der Waals surface area contributed by atoms with Crippen molar-refractivity contribution in [3.05, 3.63) is 50.8 Å². The third kappa shape index (κ3) is 8.08. The van der Waals surface area contributed by atoms with Crippen molar-refractivity contribution in [2.45, 2.75) is 50.2 Å². The normalized spacial score (nSPS) is 12.8. The Morgan fingerprint density at radius 1 is 1.27 bits per heavy atom. The van der Waals surface area contributed by atoms with E-state index in [-0.39, 0.29) is 36.7 Å². The van der Waals surface area contributed by atoms with E-state index in [9.17, 15) is 23.7 Å². The van der Waals surface area contributed by atoms with E-state index in [1.54, 1.807) is 38.1 Å². The molecule has 37 heavy (non-hydrogen) atoms. The molecular formula is C23H32N6O7S. The summed E-state index contributed by atoms with van der Waals surface area (Å²) in [6.45, 7) is 4.34. The van der Waals surface area contributed by atoms with Crippen molar-refractivity contribution in [3.63, 3.8) is 0 Å². The molecule has 0 saturated heterocycles. The number of nitrogens with zero attached hydrogens (tertiary/aromatic N) is 3. The Morgan fingerprint density at radius 2 is 2.03 bits per heavy atom. The van der Waals surface area contributed by atoms with E-state index >= 15 is 0 Å². The van der Waals surface area contributed by atoms with Crippen LogP contribution >= 0.6 is 0 Å². The summed E-state index contributed by atoms with van der Waals surface area (Å²) in [5, 5.41) is 10.3. The number of aryl methyl sites for hydroxylation is 1. The number of methoxy groups -OCH3 is 1. The number of nitrogens with two attached hydrogens (primary N) is 1. The van der Waals surface area contributed by atoms with Gasteiger partial charge in [0.2, 0.25) is 0 Å². The lowest BCUT2D eigenvalue weighted by Crippen LogP contribution is -2.40. The Kier molecular flexibility index (Phi) is 9.37. The summed E-state index contributed by atoms with van der Waals surface area (Å²) >= 11 is -1.79. The molecule has 1 aromatic carbocycles. The number of carbonyl (C=O) groups excluding carboxylic acids is 1. The number of rotatable bonds is 13. The summed E-state index contributed by atoms with van der Waals surface area (Å²) < 4.78 is 24.3. The van der Waals surface area contributed by atoms with Crippen LogP contribution in [0.1, 0.15) is 32.3 Å². The summed E-state index contributed by atoms with van der Waals surface area (Å²) in [4.78, 5) is 46.5. The molecule has 0 aliphatic carbocycles. The molecule has 3 rings (SSSR count). The number of carbonyl (C=O) groups is 1. The lowest BCUT2D eigenvalue weighted by atomic mass is 10.1. The quantitative estimate of drug-likeness (QED) is 0.134. The number of ether oxygens (including phenoxy) is 1. The van der Waals surface area contributed by atoms with Gasteiger partial charge in [0, 0.05) is 19.6 Å². The van der Waals surface area contributed by atoms with E-state index in [1.807, 2.05) is 4.90 Å². The molecule has 202 valence electrons. The van der Waals surface area contributed by atoms with Crippen LogP contribution in [0.15, 0.2) is 38.8 Å². The van der Waals surface area contributed by atoms with E-state index in [0.717, 1.165) is 0 Å². The van der Waals surface area contributed by atoms with Crippen LogP contribution in [0.5, 0.6) is 0 Å². The minimum atomic E-state index is -1.79. The Labute approximate surface area is 215 Å². The maximum absolute atomic E-state index is 12.7. The second-order valence-corrected chi connectivity index (χ2v) is 10.4. The van der Waals surface area contributed by atoms with E-state index < -0.39 is 34.0 Å². The van der Waals surface area contributed by atoms with Crippen LogP contribution in [0.2, 0.25) is 0 Å². The fourth-order valence-electron chi connectivity index (χ4n) is 3.80. The molecule has 0 aliphatic heterocycles. The van der Waals surface area contributed by atoms with Gasteiger partial charge in [0.1, 0.15) is 18.1 Å². The summed E-state index contributed by atoms with van der Waals surface area (Å²) in [7, 11) is 1.30. The van der Waals surface area contributed by atoms with Crippen LogP contribution in [-0.4, -0.2) is 72.2 Å². The van der Waals surface area contributed by atoms with Gasteiger partial charge in [-0.05, 0) is 44.4 Å². The van der Waals surface area contributed by atoms with Crippen molar-refractivity contribution in [1.82, 2.24) is 24.4 Å². The minimum absolute atomic E-state index is 0.0155. The van der Waals surface area contributed by atoms with Crippen LogP contribution in [0.3, 0.4) is 0 Å². The highest BCUT2D eigenvalue weighted by molar-refractivity contribution is 7.80. The maximum atomic E-state index is 12.7. The number of aromatic nitrogens is 4. The highest BCUT2D eigenvalue weighted by Gasteiger charge is 2.20. The van der Waals surface area contributed by atoms with Crippen molar-refractivity contribution >= 4 is 34.0 Å². The number of hydrogen-bond acceptors (Lipinski definition) is 10. The molecule has 0 radical (unpaired) electrons. The summed E-state index contributed by atoms with van der Waals surface area (Å²) in [5.41, 5.74) is 4.79. The van der Waals surface area contributed by atoms with Crippen molar-refractivity contribution < 1.29 is 23.0 Å². The monoisotopic (exact) mass is 536 g/mol. The van der Waals surface area contributed by atoms with Crippen LogP contribution < -0.4 is 17.1 Å². The SMILES string of the molecule is COC(=O)Cc1cccc(S(=O)OCN(CCCCn2c(=O)[nH]c3c(N)[nH]c(=O)nc32)CC(C)(C)O)c1. The Hall–Kier alpha value is -3.33. The van der Waals surface area contributed by atoms with Gasteiger partial charge in [-0.1, -0.05) is 12.1 Å². The zero-order chi connectivity index (χ0) is 27.2. The predicted molar refractivity (Wildman–Crippen MR) is 137 cm³/mol. The largest absolute Gasteiger partial charge is 0.469 e. The number of esters is 1. The number of anilines is 1. The number of imidazole rings is 1. The number of nitrogens with one attached hydrogen (secondary N) is 2. The molecule has 0 spiro atoms. The van der Waals surface area contributed by atoms with Gasteiger partial charge in [-0.15, -0.1) is 0 Å². The van der Waals surface area contributed by atoms with E-state index in [2.05, 4.69) is 19.7 Å². The van der Waals surface area contributed by atoms with Gasteiger partial charge in [-0.2, -0.15) is 4.98 Å². The molecule has 2 heterocycles. The van der Waals surface area contributed by atoms with Gasteiger partial charge < -0.3 is 20.6 Å². The van der Waals surface area contributed by atoms with E-state index in [4.69, 9.17) is 9.92 Å². The third-order valence-electron chi connectivity index (χ3n) is 5.40. The van der Waals surface area contributed by atoms with E-state index in [0.29, 0.717) is 36.4 Å². The molecule has 3 aromatic rings. The average molecular weight is 537 g/mol. The molecule has 13 nitrogen and oxygen atoms in total. The molecule has 0 saturated carbocycles. The number of unbranched alkanes of at least 4 members (excludes halogenated alkanes) is 1. The van der Waals surface area contributed by atoms with Crippen molar-refractivity contribution in [3.8, 4) is 0 Å². The van der Waals surface area contributed by atoms with Crippen LogP contribution in [0.25, 0.3) is 11.2 Å². The van der Waals surface area contributed by atoms with Gasteiger partial charge >= 0.3 is 17.3 Å². The van der Waals surface area contributed by atoms with Crippen LogP contribution in [0, 0.1) is 0 Å². The molecule has 0 amide bonds. The number of nitrogen functional groups attached to an aromatic ring is 1. The molecule has 1 atom stereocenters. The molecule has 5 N–H and O–H groups in total. The number of hydrogen-bond donors (Lipinski definition) is 4. The molecule has 2 aromatic heterocycles. The topological polar surface area (TPSA) is 186 Å². The zero-order valence-corrected chi connectivity index (χ0v) is 21.8. The van der Waals surface area contributed by atoms with Gasteiger partial charge in [-0.25, -0.2) is 13.8 Å². The second kappa shape index (κ2) is 12.3. The summed E-state index contributed by atoms with van der Waals surface area (Å²) in [6.07, 6.45) is 1.23.